The third-order valence-electron chi connectivity index (χ3n) is 5.71. The Kier molecular flexibility index (Phi) is 6.60. The van der Waals surface area contributed by atoms with Gasteiger partial charge in [-0.25, -0.2) is 4.98 Å². The van der Waals surface area contributed by atoms with Crippen molar-refractivity contribution in [2.24, 2.45) is 11.3 Å². The van der Waals surface area contributed by atoms with Crippen LogP contribution in [0.1, 0.15) is 52.8 Å². The summed E-state index contributed by atoms with van der Waals surface area (Å²) in [5.41, 5.74) is 1.53. The molecule has 0 spiro atoms. The second kappa shape index (κ2) is 8.97. The Morgan fingerprint density at radius 1 is 1.17 bits per heavy atom. The SMILES string of the molecule is CC1CCN(C(=O)Cn2c(CCCNC(=O)C(C)(C)C)nc3ccccc32)CC1. The molecule has 158 valence electrons. The third-order valence-corrected chi connectivity index (χ3v) is 5.71. The van der Waals surface area contributed by atoms with Crippen molar-refractivity contribution in [2.45, 2.75) is 59.9 Å². The van der Waals surface area contributed by atoms with E-state index in [1.54, 1.807) is 0 Å². The van der Waals surface area contributed by atoms with E-state index in [-0.39, 0.29) is 17.2 Å². The van der Waals surface area contributed by atoms with Gasteiger partial charge in [0.05, 0.1) is 11.0 Å². The third kappa shape index (κ3) is 5.37. The number of para-hydroxylation sites is 2. The first-order valence-corrected chi connectivity index (χ1v) is 10.8. The van der Waals surface area contributed by atoms with E-state index < -0.39 is 0 Å². The van der Waals surface area contributed by atoms with Crippen molar-refractivity contribution in [2.75, 3.05) is 19.6 Å². The summed E-state index contributed by atoms with van der Waals surface area (Å²) in [7, 11) is 0. The molecule has 1 saturated heterocycles. The fourth-order valence-electron chi connectivity index (χ4n) is 3.70. The first-order valence-electron chi connectivity index (χ1n) is 10.8. The normalized spacial score (nSPS) is 15.7. The van der Waals surface area contributed by atoms with Crippen LogP contribution in [0, 0.1) is 11.3 Å². The molecule has 1 aromatic heterocycles. The average molecular weight is 399 g/mol. The van der Waals surface area contributed by atoms with Crippen LogP contribution in [0.15, 0.2) is 24.3 Å². The number of hydrogen-bond acceptors (Lipinski definition) is 3. The van der Waals surface area contributed by atoms with E-state index in [9.17, 15) is 9.59 Å². The van der Waals surface area contributed by atoms with Gasteiger partial charge in [-0.1, -0.05) is 39.8 Å². The number of aromatic nitrogens is 2. The molecule has 2 amide bonds. The molecule has 6 heteroatoms. The van der Waals surface area contributed by atoms with Crippen molar-refractivity contribution in [3.8, 4) is 0 Å². The van der Waals surface area contributed by atoms with E-state index in [0.717, 1.165) is 55.6 Å². The Morgan fingerprint density at radius 3 is 2.55 bits per heavy atom. The molecule has 1 aromatic carbocycles. The molecule has 2 aromatic rings. The molecule has 0 aliphatic carbocycles. The number of likely N-dealkylation sites (tertiary alicyclic amines) is 1. The molecule has 2 heterocycles. The van der Waals surface area contributed by atoms with Gasteiger partial charge in [0, 0.05) is 31.5 Å². The van der Waals surface area contributed by atoms with Gasteiger partial charge < -0.3 is 14.8 Å². The molecule has 3 rings (SSSR count). The summed E-state index contributed by atoms with van der Waals surface area (Å²) in [6, 6.07) is 7.98. The van der Waals surface area contributed by atoms with Crippen LogP contribution in [0.25, 0.3) is 11.0 Å². The number of amides is 2. The highest BCUT2D eigenvalue weighted by atomic mass is 16.2. The predicted octanol–water partition coefficient (Wildman–Crippen LogP) is 3.39. The van der Waals surface area contributed by atoms with Crippen LogP contribution >= 0.6 is 0 Å². The highest BCUT2D eigenvalue weighted by molar-refractivity contribution is 5.82. The molecule has 0 radical (unpaired) electrons. The monoisotopic (exact) mass is 398 g/mol. The van der Waals surface area contributed by atoms with Crippen molar-refractivity contribution in [3.63, 3.8) is 0 Å². The van der Waals surface area contributed by atoms with Gasteiger partial charge in [0.1, 0.15) is 12.4 Å². The molecule has 0 bridgehead atoms. The number of carbonyl (C=O) groups excluding carboxylic acids is 2. The van der Waals surface area contributed by atoms with Gasteiger partial charge in [-0.15, -0.1) is 0 Å². The molecule has 1 aliphatic rings. The minimum atomic E-state index is -0.383. The molecule has 29 heavy (non-hydrogen) atoms. The number of nitrogens with one attached hydrogen (secondary N) is 1. The number of nitrogens with zero attached hydrogens (tertiary/aromatic N) is 3. The summed E-state index contributed by atoms with van der Waals surface area (Å²) in [4.78, 5) is 31.7. The van der Waals surface area contributed by atoms with Crippen LogP contribution in [0.2, 0.25) is 0 Å². The van der Waals surface area contributed by atoms with Crippen LogP contribution in [-0.4, -0.2) is 45.9 Å². The predicted molar refractivity (Wildman–Crippen MR) is 115 cm³/mol. The largest absolute Gasteiger partial charge is 0.356 e. The molecule has 1 aliphatic heterocycles. The standard InChI is InChI=1S/C23H34N4O2/c1-17-11-14-26(15-12-17)21(28)16-27-19-9-6-5-8-18(19)25-20(27)10-7-13-24-22(29)23(2,3)4/h5-6,8-9,17H,7,10-16H2,1-4H3,(H,24,29). The van der Waals surface area contributed by atoms with Crippen LogP contribution in [-0.2, 0) is 22.6 Å². The lowest BCUT2D eigenvalue weighted by atomic mass is 9.96. The molecule has 1 fully saturated rings. The number of rotatable bonds is 6. The van der Waals surface area contributed by atoms with Crippen molar-refractivity contribution in [1.82, 2.24) is 19.8 Å². The van der Waals surface area contributed by atoms with Gasteiger partial charge in [0.15, 0.2) is 0 Å². The van der Waals surface area contributed by atoms with Gasteiger partial charge in [-0.2, -0.15) is 0 Å². The number of piperidine rings is 1. The van der Waals surface area contributed by atoms with Crippen molar-refractivity contribution in [1.29, 1.82) is 0 Å². The molecule has 0 atom stereocenters. The summed E-state index contributed by atoms with van der Waals surface area (Å²) < 4.78 is 2.06. The minimum Gasteiger partial charge on any atom is -0.356 e. The van der Waals surface area contributed by atoms with E-state index in [1.165, 1.54) is 0 Å². The number of hydrogen-bond donors (Lipinski definition) is 1. The second-order valence-electron chi connectivity index (χ2n) is 9.28. The molecule has 1 N–H and O–H groups in total. The molecule has 0 saturated carbocycles. The van der Waals surface area contributed by atoms with Gasteiger partial charge in [-0.05, 0) is 37.3 Å². The van der Waals surface area contributed by atoms with E-state index in [2.05, 4.69) is 16.8 Å². The zero-order valence-corrected chi connectivity index (χ0v) is 18.2. The maximum absolute atomic E-state index is 12.9. The van der Waals surface area contributed by atoms with Crippen molar-refractivity contribution in [3.05, 3.63) is 30.1 Å². The Balaban J connectivity index is 1.67. The molecule has 6 nitrogen and oxygen atoms in total. The average Bonchev–Trinajstić information content (AvgIpc) is 3.02. The lowest BCUT2D eigenvalue weighted by Gasteiger charge is -2.30. The number of fused-ring (bicyclic) bond motifs is 1. The zero-order chi connectivity index (χ0) is 21.0. The summed E-state index contributed by atoms with van der Waals surface area (Å²) in [5.74, 6) is 1.84. The van der Waals surface area contributed by atoms with Gasteiger partial charge in [0.25, 0.3) is 0 Å². The van der Waals surface area contributed by atoms with Crippen molar-refractivity contribution < 1.29 is 9.59 Å². The lowest BCUT2D eigenvalue weighted by Crippen LogP contribution is -2.40. The number of benzene rings is 1. The number of aryl methyl sites for hydroxylation is 1. The summed E-state index contributed by atoms with van der Waals surface area (Å²) in [5, 5.41) is 2.99. The first-order chi connectivity index (χ1) is 13.8. The second-order valence-corrected chi connectivity index (χ2v) is 9.28. The Bertz CT molecular complexity index is 857. The van der Waals surface area contributed by atoms with Gasteiger partial charge >= 0.3 is 0 Å². The molecule has 0 unspecified atom stereocenters. The summed E-state index contributed by atoms with van der Waals surface area (Å²) in [6.45, 7) is 10.6. The van der Waals surface area contributed by atoms with Crippen LogP contribution in [0.4, 0.5) is 0 Å². The number of imidazole rings is 1. The Labute approximate surface area is 173 Å². The maximum Gasteiger partial charge on any atom is 0.242 e. The fourth-order valence-corrected chi connectivity index (χ4v) is 3.70. The lowest BCUT2D eigenvalue weighted by molar-refractivity contribution is -0.133. The quantitative estimate of drug-likeness (QED) is 0.759. The van der Waals surface area contributed by atoms with Crippen LogP contribution < -0.4 is 5.32 Å². The highest BCUT2D eigenvalue weighted by Gasteiger charge is 2.23. The Hall–Kier alpha value is -2.37. The first kappa shape index (κ1) is 21.3. The van der Waals surface area contributed by atoms with Crippen molar-refractivity contribution >= 4 is 22.8 Å². The van der Waals surface area contributed by atoms with E-state index in [0.29, 0.717) is 19.0 Å². The fraction of sp³-hybridized carbons (Fsp3) is 0.609. The number of carbonyl (C=O) groups is 2. The van der Waals surface area contributed by atoms with E-state index in [1.807, 2.05) is 49.9 Å². The van der Waals surface area contributed by atoms with E-state index in [4.69, 9.17) is 4.98 Å². The Morgan fingerprint density at radius 2 is 1.86 bits per heavy atom. The van der Waals surface area contributed by atoms with E-state index >= 15 is 0 Å². The highest BCUT2D eigenvalue weighted by Crippen LogP contribution is 2.20. The topological polar surface area (TPSA) is 67.2 Å². The zero-order valence-electron chi connectivity index (χ0n) is 18.2. The van der Waals surface area contributed by atoms with Crippen LogP contribution in [0.3, 0.4) is 0 Å². The minimum absolute atomic E-state index is 0.0560. The molecular formula is C23H34N4O2. The van der Waals surface area contributed by atoms with Crippen LogP contribution in [0.5, 0.6) is 0 Å². The maximum atomic E-state index is 12.9. The van der Waals surface area contributed by atoms with Gasteiger partial charge in [0.2, 0.25) is 11.8 Å². The summed E-state index contributed by atoms with van der Waals surface area (Å²) >= 11 is 0. The van der Waals surface area contributed by atoms with Gasteiger partial charge in [-0.3, -0.25) is 9.59 Å². The molecular weight excluding hydrogens is 364 g/mol. The summed E-state index contributed by atoms with van der Waals surface area (Å²) in [6.07, 6.45) is 3.68. The smallest absolute Gasteiger partial charge is 0.242 e.